The molecule has 1 atom stereocenters. The number of rotatable bonds is 5. The van der Waals surface area contributed by atoms with Crippen molar-refractivity contribution in [2.24, 2.45) is 0 Å². The van der Waals surface area contributed by atoms with E-state index in [1.807, 2.05) is 42.5 Å². The van der Waals surface area contributed by atoms with Crippen LogP contribution in [0.4, 0.5) is 4.39 Å². The maximum absolute atomic E-state index is 14.9. The Labute approximate surface area is 200 Å². The van der Waals surface area contributed by atoms with Gasteiger partial charge in [0.15, 0.2) is 5.78 Å². The molecule has 0 spiro atoms. The fourth-order valence-corrected chi connectivity index (χ4v) is 4.96. The third kappa shape index (κ3) is 3.80. The van der Waals surface area contributed by atoms with Crippen molar-refractivity contribution < 1.29 is 19.1 Å². The molecule has 0 fully saturated rings. The number of aryl methyl sites for hydroxylation is 1. The molecule has 0 saturated heterocycles. The van der Waals surface area contributed by atoms with Gasteiger partial charge in [-0.3, -0.25) is 9.89 Å². The van der Waals surface area contributed by atoms with Gasteiger partial charge < -0.3 is 5.11 Å². The molecule has 0 aliphatic heterocycles. The molecule has 1 aromatic heterocycles. The molecule has 7 heteroatoms. The van der Waals surface area contributed by atoms with Gasteiger partial charge in [-0.1, -0.05) is 54.1 Å². The number of hydrogen-bond acceptors (Lipinski definition) is 3. The molecule has 5 nitrogen and oxygen atoms in total. The summed E-state index contributed by atoms with van der Waals surface area (Å²) in [5, 5.41) is 16.8. The second kappa shape index (κ2) is 8.88. The number of Topliss-reactive ketones (excluding diaryl/α,β-unsaturated/α-hetero) is 1. The van der Waals surface area contributed by atoms with Crippen LogP contribution in [0.5, 0.6) is 0 Å². The Morgan fingerprint density at radius 1 is 1.03 bits per heavy atom. The molecule has 34 heavy (non-hydrogen) atoms. The van der Waals surface area contributed by atoms with Crippen molar-refractivity contribution in [3.8, 4) is 22.4 Å². The number of ketones is 1. The highest BCUT2D eigenvalue weighted by atomic mass is 35.5. The lowest BCUT2D eigenvalue weighted by Gasteiger charge is -2.24. The minimum absolute atomic E-state index is 0.143. The van der Waals surface area contributed by atoms with E-state index in [0.717, 1.165) is 29.3 Å². The number of aromatic carboxylic acids is 1. The summed E-state index contributed by atoms with van der Waals surface area (Å²) in [5.74, 6) is -2.61. The van der Waals surface area contributed by atoms with Crippen LogP contribution in [0.3, 0.4) is 0 Å². The highest BCUT2D eigenvalue weighted by Crippen LogP contribution is 2.42. The van der Waals surface area contributed by atoms with Crippen molar-refractivity contribution in [3.05, 3.63) is 100.0 Å². The number of hydrogen-bond donors (Lipinski definition) is 2. The average Bonchev–Trinajstić information content (AvgIpc) is 3.28. The molecule has 1 unspecified atom stereocenters. The molecule has 0 radical (unpaired) electrons. The molecular formula is C27H20ClFN2O3. The van der Waals surface area contributed by atoms with E-state index in [9.17, 15) is 14.0 Å². The van der Waals surface area contributed by atoms with Gasteiger partial charge in [0.05, 0.1) is 22.2 Å². The number of aromatic amines is 1. The molecule has 5 rings (SSSR count). The number of nitrogens with zero attached hydrogens (tertiary/aromatic N) is 1. The van der Waals surface area contributed by atoms with Gasteiger partial charge in [0.2, 0.25) is 0 Å². The monoisotopic (exact) mass is 474 g/mol. The maximum Gasteiger partial charge on any atom is 0.335 e. The first-order valence-electron chi connectivity index (χ1n) is 10.9. The van der Waals surface area contributed by atoms with Crippen LogP contribution in [0.25, 0.3) is 22.4 Å². The van der Waals surface area contributed by atoms with Crippen molar-refractivity contribution in [3.63, 3.8) is 0 Å². The van der Waals surface area contributed by atoms with E-state index in [-0.39, 0.29) is 16.9 Å². The van der Waals surface area contributed by atoms with Gasteiger partial charge in [0.1, 0.15) is 5.82 Å². The van der Waals surface area contributed by atoms with Crippen molar-refractivity contribution >= 4 is 23.4 Å². The molecule has 170 valence electrons. The highest BCUT2D eigenvalue weighted by Gasteiger charge is 2.35. The first kappa shape index (κ1) is 22.0. The van der Waals surface area contributed by atoms with Crippen molar-refractivity contribution in [2.75, 3.05) is 0 Å². The van der Waals surface area contributed by atoms with E-state index in [1.54, 1.807) is 6.07 Å². The number of carboxylic acid groups (broad SMARTS) is 1. The van der Waals surface area contributed by atoms with Crippen LogP contribution in [0.15, 0.2) is 66.7 Å². The highest BCUT2D eigenvalue weighted by molar-refractivity contribution is 6.35. The Bertz CT molecular complexity index is 1410. The molecule has 4 aromatic rings. The summed E-state index contributed by atoms with van der Waals surface area (Å²) in [6, 6.07) is 18.7. The Hall–Kier alpha value is -3.77. The third-order valence-electron chi connectivity index (χ3n) is 6.28. The number of carbonyl (C=O) groups excluding carboxylic acids is 1. The van der Waals surface area contributed by atoms with Gasteiger partial charge in [-0.15, -0.1) is 0 Å². The van der Waals surface area contributed by atoms with Crippen LogP contribution in [-0.2, 0) is 6.42 Å². The predicted molar refractivity (Wildman–Crippen MR) is 128 cm³/mol. The van der Waals surface area contributed by atoms with E-state index in [0.29, 0.717) is 34.7 Å². The Balaban J connectivity index is 1.62. The first-order valence-corrected chi connectivity index (χ1v) is 11.3. The lowest BCUT2D eigenvalue weighted by atomic mass is 9.78. The molecule has 0 saturated carbocycles. The van der Waals surface area contributed by atoms with Gasteiger partial charge in [0, 0.05) is 22.4 Å². The summed E-state index contributed by atoms with van der Waals surface area (Å²) in [5.41, 5.74) is 3.83. The zero-order valence-electron chi connectivity index (χ0n) is 18.0. The van der Waals surface area contributed by atoms with Crippen molar-refractivity contribution in [1.82, 2.24) is 10.2 Å². The van der Waals surface area contributed by atoms with Crippen LogP contribution in [-0.4, -0.2) is 27.1 Å². The summed E-state index contributed by atoms with van der Waals surface area (Å²) in [4.78, 5) is 25.2. The summed E-state index contributed by atoms with van der Waals surface area (Å²) in [6.45, 7) is 0. The Kier molecular flexibility index (Phi) is 5.75. The Morgan fingerprint density at radius 3 is 2.56 bits per heavy atom. The molecule has 1 aliphatic carbocycles. The number of carboxylic acids is 1. The minimum Gasteiger partial charge on any atom is -0.478 e. The topological polar surface area (TPSA) is 83.0 Å². The predicted octanol–water partition coefficient (Wildman–Crippen LogP) is 6.54. The number of aromatic nitrogens is 2. The maximum atomic E-state index is 14.9. The summed E-state index contributed by atoms with van der Waals surface area (Å²) >= 11 is 6.56. The standard InChI is InChI=1S/C27H20ClFN2O3/c28-20-10-4-8-17(15-6-2-1-3-7-15)23(20)26(32)19-9-5-11-22-24(19)25(31-30-22)18-13-12-16(27(33)34)14-21(18)29/h1-4,6-8,10,12-14,19H,5,9,11H2,(H,30,31)(H,33,34). The van der Waals surface area contributed by atoms with Gasteiger partial charge in [-0.05, 0) is 54.7 Å². The summed E-state index contributed by atoms with van der Waals surface area (Å²) < 4.78 is 14.9. The van der Waals surface area contributed by atoms with E-state index in [4.69, 9.17) is 16.7 Å². The fraction of sp³-hybridized carbons (Fsp3) is 0.148. The van der Waals surface area contributed by atoms with Crippen molar-refractivity contribution in [2.45, 2.75) is 25.2 Å². The molecule has 3 aromatic carbocycles. The molecular weight excluding hydrogens is 455 g/mol. The van der Waals surface area contributed by atoms with Gasteiger partial charge in [0.25, 0.3) is 0 Å². The summed E-state index contributed by atoms with van der Waals surface area (Å²) in [7, 11) is 0. The lowest BCUT2D eigenvalue weighted by Crippen LogP contribution is -2.20. The number of halogens is 2. The quantitative estimate of drug-likeness (QED) is 0.322. The van der Waals surface area contributed by atoms with E-state index < -0.39 is 17.7 Å². The van der Waals surface area contributed by atoms with Gasteiger partial charge in [-0.25, -0.2) is 9.18 Å². The number of carbonyl (C=O) groups is 2. The average molecular weight is 475 g/mol. The summed E-state index contributed by atoms with van der Waals surface area (Å²) in [6.07, 6.45) is 2.04. The zero-order chi connectivity index (χ0) is 23.8. The number of benzene rings is 3. The van der Waals surface area contributed by atoms with Crippen LogP contribution in [0.2, 0.25) is 5.02 Å². The second-order valence-corrected chi connectivity index (χ2v) is 8.71. The zero-order valence-corrected chi connectivity index (χ0v) is 18.8. The smallest absolute Gasteiger partial charge is 0.335 e. The third-order valence-corrected chi connectivity index (χ3v) is 6.60. The van der Waals surface area contributed by atoms with Crippen LogP contribution in [0.1, 0.15) is 50.7 Å². The van der Waals surface area contributed by atoms with Gasteiger partial charge >= 0.3 is 5.97 Å². The van der Waals surface area contributed by atoms with E-state index >= 15 is 0 Å². The second-order valence-electron chi connectivity index (χ2n) is 8.30. The normalized spacial score (nSPS) is 15.1. The lowest BCUT2D eigenvalue weighted by molar-refractivity contribution is 0.0696. The fourth-order valence-electron chi connectivity index (χ4n) is 4.69. The molecule has 1 heterocycles. The molecule has 2 N–H and O–H groups in total. The number of fused-ring (bicyclic) bond motifs is 1. The van der Waals surface area contributed by atoms with E-state index in [2.05, 4.69) is 10.2 Å². The molecule has 0 amide bonds. The number of nitrogens with one attached hydrogen (secondary N) is 1. The van der Waals surface area contributed by atoms with Gasteiger partial charge in [-0.2, -0.15) is 5.10 Å². The molecule has 1 aliphatic rings. The molecule has 0 bridgehead atoms. The van der Waals surface area contributed by atoms with Crippen LogP contribution < -0.4 is 0 Å². The first-order chi connectivity index (χ1) is 16.5. The van der Waals surface area contributed by atoms with Crippen molar-refractivity contribution in [1.29, 1.82) is 0 Å². The van der Waals surface area contributed by atoms with Crippen LogP contribution >= 0.6 is 11.6 Å². The minimum atomic E-state index is -1.21. The van der Waals surface area contributed by atoms with E-state index in [1.165, 1.54) is 12.1 Å². The van der Waals surface area contributed by atoms with Crippen LogP contribution in [0, 0.1) is 5.82 Å². The SMILES string of the molecule is O=C(O)c1ccc(-c2n[nH]c3c2C(C(=O)c2c(Cl)cccc2-c2ccccc2)CCC3)c(F)c1. The largest absolute Gasteiger partial charge is 0.478 e. The Morgan fingerprint density at radius 2 is 1.82 bits per heavy atom. The number of H-pyrrole nitrogens is 1.